The van der Waals surface area contributed by atoms with Crippen LogP contribution in [0.5, 0.6) is 0 Å². The Labute approximate surface area is 135 Å². The molecule has 6 nitrogen and oxygen atoms in total. The van der Waals surface area contributed by atoms with E-state index in [4.69, 9.17) is 4.52 Å². The highest BCUT2D eigenvalue weighted by atomic mass is 19.4. The first-order chi connectivity index (χ1) is 11.3. The maximum atomic E-state index is 12.3. The van der Waals surface area contributed by atoms with Crippen molar-refractivity contribution in [2.75, 3.05) is 0 Å². The summed E-state index contributed by atoms with van der Waals surface area (Å²) in [6.45, 7) is 2.70. The highest BCUT2D eigenvalue weighted by Crippen LogP contribution is 2.18. The van der Waals surface area contributed by atoms with Gasteiger partial charge in [-0.3, -0.25) is 4.68 Å². The van der Waals surface area contributed by atoms with Crippen molar-refractivity contribution >= 4 is 0 Å². The van der Waals surface area contributed by atoms with E-state index >= 15 is 0 Å². The molecule has 0 N–H and O–H groups in total. The monoisotopic (exact) mass is 337 g/mol. The number of aromatic nitrogens is 5. The van der Waals surface area contributed by atoms with Gasteiger partial charge in [0.2, 0.25) is 11.7 Å². The number of hydrogen-bond donors (Lipinski definition) is 0. The zero-order chi connectivity index (χ0) is 17.3. The minimum atomic E-state index is -4.31. The summed E-state index contributed by atoms with van der Waals surface area (Å²) in [5, 5.41) is 7.71. The molecule has 3 heterocycles. The predicted molar refractivity (Wildman–Crippen MR) is 78.1 cm³/mol. The maximum Gasteiger partial charge on any atom is 0.408 e. The summed E-state index contributed by atoms with van der Waals surface area (Å²) in [5.41, 5.74) is 2.92. The van der Waals surface area contributed by atoms with Crippen molar-refractivity contribution < 1.29 is 17.7 Å². The predicted octanol–water partition coefficient (Wildman–Crippen LogP) is 3.10. The average Bonchev–Trinajstić information content (AvgIpc) is 3.10. The Hall–Kier alpha value is -2.71. The van der Waals surface area contributed by atoms with Crippen molar-refractivity contribution in [3.63, 3.8) is 0 Å². The Morgan fingerprint density at radius 1 is 1.12 bits per heavy atom. The van der Waals surface area contributed by atoms with Gasteiger partial charge in [0.25, 0.3) is 0 Å². The van der Waals surface area contributed by atoms with Crippen LogP contribution in [0.15, 0.2) is 28.9 Å². The lowest BCUT2D eigenvalue weighted by atomic mass is 10.2. The second kappa shape index (κ2) is 6.06. The van der Waals surface area contributed by atoms with E-state index in [0.29, 0.717) is 17.2 Å². The molecule has 0 aliphatic carbocycles. The lowest BCUT2D eigenvalue weighted by molar-refractivity contribution is -0.142. The summed E-state index contributed by atoms with van der Waals surface area (Å²) >= 11 is 0. The van der Waals surface area contributed by atoms with Gasteiger partial charge < -0.3 is 4.52 Å². The maximum absolute atomic E-state index is 12.3. The molecule has 0 aliphatic heterocycles. The van der Waals surface area contributed by atoms with E-state index in [0.717, 1.165) is 15.9 Å². The molecule has 0 aromatic carbocycles. The molecule has 0 saturated heterocycles. The second-order valence-corrected chi connectivity index (χ2v) is 5.41. The van der Waals surface area contributed by atoms with Gasteiger partial charge in [0.15, 0.2) is 0 Å². The van der Waals surface area contributed by atoms with E-state index in [1.165, 1.54) is 12.3 Å². The van der Waals surface area contributed by atoms with Crippen molar-refractivity contribution in [1.82, 2.24) is 24.9 Å². The van der Waals surface area contributed by atoms with Gasteiger partial charge in [-0.15, -0.1) is 0 Å². The fraction of sp³-hybridized carbons (Fsp3) is 0.333. The first-order valence-electron chi connectivity index (χ1n) is 7.16. The summed E-state index contributed by atoms with van der Waals surface area (Å²) in [5.74, 6) is 0.602. The van der Waals surface area contributed by atoms with Gasteiger partial charge in [0.05, 0.1) is 12.1 Å². The molecule has 0 spiro atoms. The molecule has 0 atom stereocenters. The van der Waals surface area contributed by atoms with Crippen LogP contribution in [0.25, 0.3) is 11.5 Å². The number of halogens is 3. The number of aryl methyl sites for hydroxylation is 2. The summed E-state index contributed by atoms with van der Waals surface area (Å²) in [4.78, 5) is 8.60. The van der Waals surface area contributed by atoms with Gasteiger partial charge in [-0.25, -0.2) is 4.98 Å². The molecule has 0 radical (unpaired) electrons. The van der Waals surface area contributed by atoms with E-state index in [1.54, 1.807) is 6.07 Å². The fourth-order valence-corrected chi connectivity index (χ4v) is 2.11. The SMILES string of the molecule is Cc1ccc(-c2noc(Cc3ccn(CC(F)(F)F)n3)n2)nc1C. The Morgan fingerprint density at radius 3 is 2.62 bits per heavy atom. The van der Waals surface area contributed by atoms with E-state index in [1.807, 2.05) is 19.9 Å². The largest absolute Gasteiger partial charge is 0.408 e. The van der Waals surface area contributed by atoms with Crippen LogP contribution in [0.4, 0.5) is 13.2 Å². The first kappa shape index (κ1) is 16.2. The number of alkyl halides is 3. The summed E-state index contributed by atoms with van der Waals surface area (Å²) in [7, 11) is 0. The lowest BCUT2D eigenvalue weighted by Gasteiger charge is -2.05. The minimum absolute atomic E-state index is 0.155. The second-order valence-electron chi connectivity index (χ2n) is 5.41. The third kappa shape index (κ3) is 3.79. The van der Waals surface area contributed by atoms with Crippen LogP contribution in [0, 0.1) is 13.8 Å². The van der Waals surface area contributed by atoms with E-state index in [-0.39, 0.29) is 12.3 Å². The van der Waals surface area contributed by atoms with Crippen LogP contribution in [0.2, 0.25) is 0 Å². The van der Waals surface area contributed by atoms with Crippen LogP contribution in [-0.4, -0.2) is 31.1 Å². The molecular formula is C15H14F3N5O. The Bertz CT molecular complexity index is 853. The molecule has 9 heteroatoms. The van der Waals surface area contributed by atoms with Crippen LogP contribution in [0.1, 0.15) is 22.8 Å². The van der Waals surface area contributed by atoms with Gasteiger partial charge >= 0.3 is 6.18 Å². The molecule has 24 heavy (non-hydrogen) atoms. The average molecular weight is 337 g/mol. The molecule has 3 rings (SSSR count). The topological polar surface area (TPSA) is 69.6 Å². The van der Waals surface area contributed by atoms with Crippen molar-refractivity contribution in [1.29, 1.82) is 0 Å². The standard InChI is InChI=1S/C15H14F3N5O/c1-9-3-4-12(19-10(9)2)14-20-13(24-22-14)7-11-5-6-23(21-11)8-15(16,17)18/h3-6H,7-8H2,1-2H3. The number of pyridine rings is 1. The highest BCUT2D eigenvalue weighted by Gasteiger charge is 2.28. The Kier molecular flexibility index (Phi) is 4.08. The summed E-state index contributed by atoms with van der Waals surface area (Å²) in [6, 6.07) is 5.19. The molecule has 0 bridgehead atoms. The van der Waals surface area contributed by atoms with Crippen LogP contribution >= 0.6 is 0 Å². The molecule has 0 saturated carbocycles. The van der Waals surface area contributed by atoms with E-state index in [9.17, 15) is 13.2 Å². The molecule has 126 valence electrons. The smallest absolute Gasteiger partial charge is 0.338 e. The minimum Gasteiger partial charge on any atom is -0.338 e. The zero-order valence-electron chi connectivity index (χ0n) is 13.0. The van der Waals surface area contributed by atoms with Gasteiger partial charge in [-0.05, 0) is 31.5 Å². The van der Waals surface area contributed by atoms with Crippen molar-refractivity contribution in [3.8, 4) is 11.5 Å². The van der Waals surface area contributed by atoms with Gasteiger partial charge in [0.1, 0.15) is 12.2 Å². The Morgan fingerprint density at radius 2 is 1.92 bits per heavy atom. The van der Waals surface area contributed by atoms with E-state index < -0.39 is 12.7 Å². The summed E-state index contributed by atoms with van der Waals surface area (Å²) in [6.07, 6.45) is -2.89. The number of nitrogens with zero attached hydrogens (tertiary/aromatic N) is 5. The summed E-state index contributed by atoms with van der Waals surface area (Å²) < 4.78 is 42.9. The van der Waals surface area contributed by atoms with E-state index in [2.05, 4.69) is 20.2 Å². The van der Waals surface area contributed by atoms with Crippen LogP contribution < -0.4 is 0 Å². The highest BCUT2D eigenvalue weighted by molar-refractivity contribution is 5.49. The molecule has 3 aromatic heterocycles. The normalized spacial score (nSPS) is 11.9. The first-order valence-corrected chi connectivity index (χ1v) is 7.16. The van der Waals surface area contributed by atoms with Gasteiger partial charge in [-0.1, -0.05) is 11.2 Å². The van der Waals surface area contributed by atoms with Gasteiger partial charge in [0, 0.05) is 11.9 Å². The fourth-order valence-electron chi connectivity index (χ4n) is 2.11. The molecule has 0 amide bonds. The zero-order valence-corrected chi connectivity index (χ0v) is 13.0. The molecular weight excluding hydrogens is 323 g/mol. The third-order valence-electron chi connectivity index (χ3n) is 3.42. The van der Waals surface area contributed by atoms with Crippen molar-refractivity contribution in [2.24, 2.45) is 0 Å². The molecule has 0 fully saturated rings. The van der Waals surface area contributed by atoms with Crippen LogP contribution in [-0.2, 0) is 13.0 Å². The quantitative estimate of drug-likeness (QED) is 0.732. The Balaban J connectivity index is 1.73. The van der Waals surface area contributed by atoms with Crippen molar-refractivity contribution in [3.05, 3.63) is 47.2 Å². The number of hydrogen-bond acceptors (Lipinski definition) is 5. The molecule has 0 aliphatic rings. The number of rotatable bonds is 4. The molecule has 0 unspecified atom stereocenters. The van der Waals surface area contributed by atoms with Gasteiger partial charge in [-0.2, -0.15) is 23.3 Å². The third-order valence-corrected chi connectivity index (χ3v) is 3.42. The van der Waals surface area contributed by atoms with Crippen LogP contribution in [0.3, 0.4) is 0 Å². The van der Waals surface area contributed by atoms with Crippen molar-refractivity contribution in [2.45, 2.75) is 33.0 Å². The lowest BCUT2D eigenvalue weighted by Crippen LogP contribution is -2.18. The molecule has 3 aromatic rings.